The van der Waals surface area contributed by atoms with Gasteiger partial charge in [-0.1, -0.05) is 23.7 Å². The minimum absolute atomic E-state index is 0.0191. The molecule has 1 heterocycles. The second kappa shape index (κ2) is 6.37. The number of hydrogen-bond donors (Lipinski definition) is 2. The van der Waals surface area contributed by atoms with Crippen molar-refractivity contribution in [1.29, 1.82) is 0 Å². The lowest BCUT2D eigenvalue weighted by atomic mass is 10.1. The highest BCUT2D eigenvalue weighted by molar-refractivity contribution is 6.33. The molecule has 2 rings (SSSR count). The second-order valence-corrected chi connectivity index (χ2v) is 5.60. The number of hydrogen-bond acceptors (Lipinski definition) is 3. The number of carbonyl (C=O) groups excluding carboxylic acids is 1. The lowest BCUT2D eigenvalue weighted by Crippen LogP contribution is -2.55. The number of halogens is 1. The first kappa shape index (κ1) is 14.3. The highest BCUT2D eigenvalue weighted by atomic mass is 35.5. The van der Waals surface area contributed by atoms with E-state index >= 15 is 0 Å². The molecule has 0 bridgehead atoms. The van der Waals surface area contributed by atoms with E-state index in [4.69, 9.17) is 11.6 Å². The average molecular weight is 282 g/mol. The van der Waals surface area contributed by atoms with Crippen LogP contribution < -0.4 is 10.6 Å². The zero-order valence-corrected chi connectivity index (χ0v) is 12.1. The number of para-hydroxylation sites is 1. The van der Waals surface area contributed by atoms with Crippen LogP contribution in [0, 0.1) is 0 Å². The zero-order valence-electron chi connectivity index (χ0n) is 11.3. The van der Waals surface area contributed by atoms with Crippen LogP contribution in [-0.4, -0.2) is 42.5 Å². The molecule has 0 aliphatic carbocycles. The van der Waals surface area contributed by atoms with Gasteiger partial charge in [-0.05, 0) is 26.0 Å². The van der Waals surface area contributed by atoms with Crippen molar-refractivity contribution in [2.45, 2.75) is 25.9 Å². The molecule has 1 amide bonds. The van der Waals surface area contributed by atoms with Crippen LogP contribution in [0.3, 0.4) is 0 Å². The van der Waals surface area contributed by atoms with Gasteiger partial charge in [0.05, 0.1) is 17.3 Å². The highest BCUT2D eigenvalue weighted by Crippen LogP contribution is 2.20. The molecule has 0 saturated carbocycles. The Kier molecular flexibility index (Phi) is 4.80. The van der Waals surface area contributed by atoms with Crippen LogP contribution in [0.4, 0.5) is 5.69 Å². The molecule has 19 heavy (non-hydrogen) atoms. The minimum atomic E-state index is -0.0191. The van der Waals surface area contributed by atoms with Gasteiger partial charge in [0.15, 0.2) is 0 Å². The van der Waals surface area contributed by atoms with E-state index in [9.17, 15) is 4.79 Å². The van der Waals surface area contributed by atoms with E-state index in [0.29, 0.717) is 29.3 Å². The standard InChI is InChI=1S/C14H20ClN3O/c1-10-7-18(8-11(2)16-10)9-14(19)17-13-6-4-3-5-12(13)15/h3-6,10-11,16H,7-9H2,1-2H3,(H,17,19). The van der Waals surface area contributed by atoms with E-state index < -0.39 is 0 Å². The van der Waals surface area contributed by atoms with Crippen LogP contribution in [0.15, 0.2) is 24.3 Å². The van der Waals surface area contributed by atoms with Crippen molar-refractivity contribution in [1.82, 2.24) is 10.2 Å². The number of nitrogens with one attached hydrogen (secondary N) is 2. The van der Waals surface area contributed by atoms with Crippen LogP contribution in [0.2, 0.25) is 5.02 Å². The van der Waals surface area contributed by atoms with Crippen LogP contribution in [0.5, 0.6) is 0 Å². The SMILES string of the molecule is CC1CN(CC(=O)Nc2ccccc2Cl)CC(C)N1. The molecule has 2 atom stereocenters. The fourth-order valence-electron chi connectivity index (χ4n) is 2.52. The Morgan fingerprint density at radius 3 is 2.63 bits per heavy atom. The van der Waals surface area contributed by atoms with Gasteiger partial charge in [0.1, 0.15) is 0 Å². The van der Waals surface area contributed by atoms with Gasteiger partial charge in [-0.3, -0.25) is 9.69 Å². The van der Waals surface area contributed by atoms with E-state index in [1.165, 1.54) is 0 Å². The third-order valence-corrected chi connectivity index (χ3v) is 3.48. The number of rotatable bonds is 3. The predicted molar refractivity (Wildman–Crippen MR) is 78.6 cm³/mol. The van der Waals surface area contributed by atoms with Crippen molar-refractivity contribution < 1.29 is 4.79 Å². The Labute approximate surface area is 119 Å². The number of benzene rings is 1. The molecule has 1 aromatic carbocycles. The van der Waals surface area contributed by atoms with Crippen molar-refractivity contribution in [2.75, 3.05) is 25.0 Å². The average Bonchev–Trinajstić information content (AvgIpc) is 2.30. The summed E-state index contributed by atoms with van der Waals surface area (Å²) in [6, 6.07) is 8.11. The van der Waals surface area contributed by atoms with Crippen molar-refractivity contribution in [3.8, 4) is 0 Å². The third-order valence-electron chi connectivity index (χ3n) is 3.15. The Bertz CT molecular complexity index is 442. The number of piperazine rings is 1. The summed E-state index contributed by atoms with van der Waals surface area (Å²) >= 11 is 6.02. The maximum atomic E-state index is 12.0. The summed E-state index contributed by atoms with van der Waals surface area (Å²) in [5.41, 5.74) is 0.672. The maximum absolute atomic E-state index is 12.0. The van der Waals surface area contributed by atoms with Gasteiger partial charge in [0.25, 0.3) is 0 Å². The molecule has 104 valence electrons. The largest absolute Gasteiger partial charge is 0.324 e. The fourth-order valence-corrected chi connectivity index (χ4v) is 2.71. The Morgan fingerprint density at radius 1 is 1.37 bits per heavy atom. The van der Waals surface area contributed by atoms with Crippen molar-refractivity contribution in [3.05, 3.63) is 29.3 Å². The van der Waals surface area contributed by atoms with Gasteiger partial charge in [0.2, 0.25) is 5.91 Å². The van der Waals surface area contributed by atoms with Gasteiger partial charge in [-0.25, -0.2) is 0 Å². The summed E-state index contributed by atoms with van der Waals surface area (Å²) < 4.78 is 0. The number of carbonyl (C=O) groups is 1. The lowest BCUT2D eigenvalue weighted by molar-refractivity contribution is -0.117. The topological polar surface area (TPSA) is 44.4 Å². The molecule has 4 nitrogen and oxygen atoms in total. The molecule has 5 heteroatoms. The third kappa shape index (κ3) is 4.20. The molecule has 0 radical (unpaired) electrons. The number of anilines is 1. The Hall–Kier alpha value is -1.10. The van der Waals surface area contributed by atoms with Gasteiger partial charge < -0.3 is 10.6 Å². The number of nitrogens with zero attached hydrogens (tertiary/aromatic N) is 1. The molecule has 1 fully saturated rings. The van der Waals surface area contributed by atoms with E-state index in [0.717, 1.165) is 13.1 Å². The molecule has 1 aromatic rings. The van der Waals surface area contributed by atoms with Crippen LogP contribution in [-0.2, 0) is 4.79 Å². The van der Waals surface area contributed by atoms with Gasteiger partial charge >= 0.3 is 0 Å². The summed E-state index contributed by atoms with van der Waals surface area (Å²) in [4.78, 5) is 14.2. The van der Waals surface area contributed by atoms with E-state index in [1.54, 1.807) is 6.07 Å². The lowest BCUT2D eigenvalue weighted by Gasteiger charge is -2.35. The van der Waals surface area contributed by atoms with Crippen LogP contribution >= 0.6 is 11.6 Å². The molecule has 2 N–H and O–H groups in total. The predicted octanol–water partition coefficient (Wildman–Crippen LogP) is 1.96. The molecule has 2 unspecified atom stereocenters. The van der Waals surface area contributed by atoms with Crippen molar-refractivity contribution in [3.63, 3.8) is 0 Å². The quantitative estimate of drug-likeness (QED) is 0.890. The smallest absolute Gasteiger partial charge is 0.238 e. The second-order valence-electron chi connectivity index (χ2n) is 5.19. The first-order valence-corrected chi connectivity index (χ1v) is 6.95. The van der Waals surface area contributed by atoms with Crippen LogP contribution in [0.25, 0.3) is 0 Å². The molecule has 0 aromatic heterocycles. The molecular formula is C14H20ClN3O. The van der Waals surface area contributed by atoms with Gasteiger partial charge in [0, 0.05) is 25.2 Å². The molecular weight excluding hydrogens is 262 g/mol. The van der Waals surface area contributed by atoms with Gasteiger partial charge in [-0.15, -0.1) is 0 Å². The molecule has 1 saturated heterocycles. The Morgan fingerprint density at radius 2 is 2.00 bits per heavy atom. The first-order valence-electron chi connectivity index (χ1n) is 6.57. The zero-order chi connectivity index (χ0) is 13.8. The van der Waals surface area contributed by atoms with Gasteiger partial charge in [-0.2, -0.15) is 0 Å². The van der Waals surface area contributed by atoms with Crippen LogP contribution in [0.1, 0.15) is 13.8 Å². The first-order chi connectivity index (χ1) is 9.04. The van der Waals surface area contributed by atoms with Crippen molar-refractivity contribution >= 4 is 23.2 Å². The molecule has 0 spiro atoms. The summed E-state index contributed by atoms with van der Waals surface area (Å²) in [5, 5.41) is 6.87. The summed E-state index contributed by atoms with van der Waals surface area (Å²) in [6.07, 6.45) is 0. The maximum Gasteiger partial charge on any atom is 0.238 e. The summed E-state index contributed by atoms with van der Waals surface area (Å²) in [6.45, 7) is 6.45. The summed E-state index contributed by atoms with van der Waals surface area (Å²) in [5.74, 6) is -0.0191. The molecule has 1 aliphatic heterocycles. The monoisotopic (exact) mass is 281 g/mol. The van der Waals surface area contributed by atoms with E-state index in [1.807, 2.05) is 18.2 Å². The van der Waals surface area contributed by atoms with E-state index in [-0.39, 0.29) is 5.91 Å². The highest BCUT2D eigenvalue weighted by Gasteiger charge is 2.22. The Balaban J connectivity index is 1.89. The summed E-state index contributed by atoms with van der Waals surface area (Å²) in [7, 11) is 0. The normalized spacial score (nSPS) is 24.2. The van der Waals surface area contributed by atoms with E-state index in [2.05, 4.69) is 29.4 Å². The van der Waals surface area contributed by atoms with Crippen molar-refractivity contribution in [2.24, 2.45) is 0 Å². The minimum Gasteiger partial charge on any atom is -0.324 e. The number of amides is 1. The molecule has 1 aliphatic rings. The fraction of sp³-hybridized carbons (Fsp3) is 0.500.